The molecule has 0 aliphatic carbocycles. The van der Waals surface area contributed by atoms with Crippen molar-refractivity contribution in [2.45, 2.75) is 37.4 Å². The van der Waals surface area contributed by atoms with E-state index in [9.17, 15) is 13.2 Å². The number of carbonyl (C=O) groups excluding carboxylic acids is 1. The molecule has 0 bridgehead atoms. The Morgan fingerprint density at radius 1 is 1.14 bits per heavy atom. The maximum absolute atomic E-state index is 13.1. The summed E-state index contributed by atoms with van der Waals surface area (Å²) in [5, 5.41) is 0. The zero-order valence-electron chi connectivity index (χ0n) is 16.0. The van der Waals surface area contributed by atoms with Crippen molar-refractivity contribution >= 4 is 21.4 Å². The van der Waals surface area contributed by atoms with Gasteiger partial charge in [0.15, 0.2) is 5.60 Å². The van der Waals surface area contributed by atoms with Crippen LogP contribution in [0.5, 0.6) is 0 Å². The summed E-state index contributed by atoms with van der Waals surface area (Å²) < 4.78 is 32.8. The highest BCUT2D eigenvalue weighted by Crippen LogP contribution is 2.40. The third-order valence-corrected chi connectivity index (χ3v) is 7.06. The first-order chi connectivity index (χ1) is 13.2. The molecule has 6 nitrogen and oxygen atoms in total. The topological polar surface area (TPSA) is 79.0 Å². The lowest BCUT2D eigenvalue weighted by molar-refractivity contribution is -0.120. The average Bonchev–Trinajstić information content (AvgIpc) is 3.10. The van der Waals surface area contributed by atoms with Gasteiger partial charge in [0.25, 0.3) is 10.0 Å². The summed E-state index contributed by atoms with van der Waals surface area (Å²) in [5.74, 6) is -0.236. The van der Waals surface area contributed by atoms with Crippen LogP contribution in [0.4, 0.5) is 0 Å². The molecule has 2 aliphatic rings. The quantitative estimate of drug-likeness (QED) is 0.784. The second-order valence-corrected chi connectivity index (χ2v) is 9.21. The maximum Gasteiger partial charge on any atom is 0.260 e. The van der Waals surface area contributed by atoms with Gasteiger partial charge >= 0.3 is 0 Å². The van der Waals surface area contributed by atoms with Crippen LogP contribution in [0.3, 0.4) is 0 Å². The van der Waals surface area contributed by atoms with Gasteiger partial charge in [0.2, 0.25) is 5.78 Å². The molecule has 0 unspecified atom stereocenters. The number of ketones is 1. The van der Waals surface area contributed by atoms with Gasteiger partial charge in [-0.2, -0.15) is 0 Å². The number of hydrogen-bond acceptors (Lipinski definition) is 5. The molecule has 1 N–H and O–H groups in total. The molecule has 2 atom stereocenters. The fourth-order valence-electron chi connectivity index (χ4n) is 3.32. The Morgan fingerprint density at radius 2 is 1.75 bits per heavy atom. The van der Waals surface area contributed by atoms with Gasteiger partial charge in [0, 0.05) is 5.57 Å². The number of Topliss-reactive ketones (excluding diaryl/α,β-unsaturated/α-hetero) is 1. The molecule has 1 saturated heterocycles. The summed E-state index contributed by atoms with van der Waals surface area (Å²) in [6.07, 6.45) is -0.200. The lowest BCUT2D eigenvalue weighted by atomic mass is 9.95. The number of sulfonamides is 1. The smallest absolute Gasteiger partial charge is 0.260 e. The van der Waals surface area contributed by atoms with E-state index >= 15 is 0 Å². The molecule has 28 heavy (non-hydrogen) atoms. The van der Waals surface area contributed by atoms with E-state index in [2.05, 4.69) is 5.43 Å². The largest absolute Gasteiger partial charge is 0.358 e. The van der Waals surface area contributed by atoms with Crippen LogP contribution in [0, 0.1) is 6.92 Å². The molecule has 4 rings (SSSR count). The van der Waals surface area contributed by atoms with Gasteiger partial charge < -0.3 is 10.2 Å². The molecule has 1 fully saturated rings. The van der Waals surface area contributed by atoms with Gasteiger partial charge in [-0.15, -0.1) is 4.41 Å². The molecule has 7 heteroatoms. The number of nitrogens with zero attached hydrogens (tertiary/aromatic N) is 1. The fraction of sp³-hybridized carbons (Fsp3) is 0.286. The summed E-state index contributed by atoms with van der Waals surface area (Å²) in [6.45, 7) is 5.52. The number of ether oxygens (including phenoxy) is 1. The molecule has 146 valence electrons. The number of carbonyl (C=O) groups is 1. The highest BCUT2D eigenvalue weighted by atomic mass is 32.2. The van der Waals surface area contributed by atoms with E-state index in [0.717, 1.165) is 15.5 Å². The van der Waals surface area contributed by atoms with E-state index in [0.29, 0.717) is 5.57 Å². The highest BCUT2D eigenvalue weighted by Gasteiger charge is 2.57. The predicted octanol–water partition coefficient (Wildman–Crippen LogP) is 2.66. The van der Waals surface area contributed by atoms with Crippen molar-refractivity contribution in [2.75, 3.05) is 6.54 Å². The molecule has 0 amide bonds. The van der Waals surface area contributed by atoms with Crippen molar-refractivity contribution in [3.8, 4) is 0 Å². The third-order valence-electron chi connectivity index (χ3n) is 5.39. The third kappa shape index (κ3) is 3.05. The lowest BCUT2D eigenvalue weighted by Gasteiger charge is -2.18. The normalized spacial score (nSPS) is 24.9. The summed E-state index contributed by atoms with van der Waals surface area (Å²) in [6, 6.07) is 16.0. The van der Waals surface area contributed by atoms with Crippen LogP contribution in [0.15, 0.2) is 65.2 Å². The van der Waals surface area contributed by atoms with Crippen molar-refractivity contribution in [2.24, 2.45) is 0 Å². The van der Waals surface area contributed by atoms with E-state index in [1.165, 1.54) is 0 Å². The van der Waals surface area contributed by atoms with Crippen LogP contribution in [0.1, 0.15) is 25.0 Å². The molecule has 0 saturated carbocycles. The van der Waals surface area contributed by atoms with E-state index in [1.54, 1.807) is 31.2 Å². The van der Waals surface area contributed by atoms with Crippen molar-refractivity contribution in [3.63, 3.8) is 0 Å². The Kier molecular flexibility index (Phi) is 4.41. The number of benzene rings is 2. The SMILES string of the molecule is Cc1ccc(S(=O)(=O)N2CC(c3ccccc3)=C(C(=O)[C@@]3(C)O[C@@H]3C)N2)cc1. The van der Waals surface area contributed by atoms with Crippen LogP contribution in [0.25, 0.3) is 5.57 Å². The molecule has 2 aromatic rings. The summed E-state index contributed by atoms with van der Waals surface area (Å²) >= 11 is 0. The molecular weight excluding hydrogens is 376 g/mol. The minimum Gasteiger partial charge on any atom is -0.358 e. The van der Waals surface area contributed by atoms with Gasteiger partial charge in [-0.05, 0) is 38.5 Å². The van der Waals surface area contributed by atoms with Crippen molar-refractivity contribution in [3.05, 3.63) is 71.4 Å². The molecule has 2 aromatic carbocycles. The van der Waals surface area contributed by atoms with Crippen molar-refractivity contribution in [1.82, 2.24) is 9.84 Å². The zero-order chi connectivity index (χ0) is 20.1. The van der Waals surface area contributed by atoms with Gasteiger partial charge in [-0.25, -0.2) is 8.42 Å². The zero-order valence-corrected chi connectivity index (χ0v) is 16.8. The van der Waals surface area contributed by atoms with Crippen molar-refractivity contribution in [1.29, 1.82) is 0 Å². The molecule has 2 heterocycles. The van der Waals surface area contributed by atoms with E-state index in [1.807, 2.05) is 44.2 Å². The Bertz CT molecular complexity index is 1060. The lowest BCUT2D eigenvalue weighted by Crippen LogP contribution is -2.41. The summed E-state index contributed by atoms with van der Waals surface area (Å²) in [5.41, 5.74) is 4.62. The van der Waals surface area contributed by atoms with Crippen LogP contribution in [-0.2, 0) is 19.6 Å². The summed E-state index contributed by atoms with van der Waals surface area (Å²) in [4.78, 5) is 13.3. The first-order valence-electron chi connectivity index (χ1n) is 9.11. The second kappa shape index (κ2) is 6.55. The minimum atomic E-state index is -3.81. The van der Waals surface area contributed by atoms with Gasteiger partial charge in [0.1, 0.15) is 5.70 Å². The summed E-state index contributed by atoms with van der Waals surface area (Å²) in [7, 11) is -3.81. The van der Waals surface area contributed by atoms with Gasteiger partial charge in [0.05, 0.1) is 17.5 Å². The van der Waals surface area contributed by atoms with Gasteiger partial charge in [-0.1, -0.05) is 48.0 Å². The Labute approximate surface area is 164 Å². The number of aryl methyl sites for hydroxylation is 1. The predicted molar refractivity (Wildman–Crippen MR) is 106 cm³/mol. The van der Waals surface area contributed by atoms with E-state index in [-0.39, 0.29) is 29.0 Å². The molecule has 0 spiro atoms. The fourth-order valence-corrected chi connectivity index (χ4v) is 4.56. The maximum atomic E-state index is 13.1. The molecule has 2 aliphatic heterocycles. The van der Waals surface area contributed by atoms with E-state index in [4.69, 9.17) is 4.74 Å². The molecule has 0 radical (unpaired) electrons. The van der Waals surface area contributed by atoms with E-state index < -0.39 is 15.6 Å². The van der Waals surface area contributed by atoms with Crippen LogP contribution < -0.4 is 5.43 Å². The molecular formula is C21H22N2O4S. The number of rotatable bonds is 5. The highest BCUT2D eigenvalue weighted by molar-refractivity contribution is 7.89. The Balaban J connectivity index is 1.72. The van der Waals surface area contributed by atoms with Crippen LogP contribution >= 0.6 is 0 Å². The standard InChI is InChI=1S/C21H22N2O4S/c1-14-9-11-17(12-10-14)28(25,26)23-13-18(16-7-5-4-6-8-16)19(22-23)20(24)21(3)15(2)27-21/h4-12,15,22H,13H2,1-3H3/t15-,21+/m1/s1. The Morgan fingerprint density at radius 3 is 2.32 bits per heavy atom. The first kappa shape index (κ1) is 18.9. The minimum absolute atomic E-state index is 0.0613. The van der Waals surface area contributed by atoms with Gasteiger partial charge in [-0.3, -0.25) is 4.79 Å². The number of hydrogen-bond donors (Lipinski definition) is 1. The Hall–Kier alpha value is -2.48. The number of nitrogens with one attached hydrogen (secondary N) is 1. The second-order valence-electron chi connectivity index (χ2n) is 7.35. The monoisotopic (exact) mass is 398 g/mol. The molecule has 0 aromatic heterocycles. The first-order valence-corrected chi connectivity index (χ1v) is 10.5. The number of hydrazine groups is 1. The number of epoxide rings is 1. The van der Waals surface area contributed by atoms with Crippen LogP contribution in [0.2, 0.25) is 0 Å². The van der Waals surface area contributed by atoms with Crippen molar-refractivity contribution < 1.29 is 17.9 Å². The van der Waals surface area contributed by atoms with Crippen LogP contribution in [-0.4, -0.2) is 36.9 Å². The average molecular weight is 398 g/mol.